The molecule has 0 fully saturated rings. The molecule has 0 unspecified atom stereocenters. The summed E-state index contributed by atoms with van der Waals surface area (Å²) < 4.78 is 0. The summed E-state index contributed by atoms with van der Waals surface area (Å²) in [5.41, 5.74) is 2.58. The predicted molar refractivity (Wildman–Crippen MR) is 84.7 cm³/mol. The third-order valence-corrected chi connectivity index (χ3v) is 4.05. The fourth-order valence-corrected chi connectivity index (χ4v) is 2.77. The molecule has 1 amide bonds. The molecule has 1 N–H and O–H groups in total. The van der Waals surface area contributed by atoms with E-state index in [1.165, 1.54) is 11.3 Å². The Labute approximate surface area is 127 Å². The van der Waals surface area contributed by atoms with E-state index >= 15 is 0 Å². The molecule has 0 radical (unpaired) electrons. The van der Waals surface area contributed by atoms with Crippen LogP contribution in [0.2, 0.25) is 0 Å². The fraction of sp³-hybridized carbons (Fsp3) is 0.267. The van der Waals surface area contributed by atoms with Crippen LogP contribution >= 0.6 is 11.3 Å². The highest BCUT2D eigenvalue weighted by Gasteiger charge is 2.12. The summed E-state index contributed by atoms with van der Waals surface area (Å²) in [5, 5.41) is 7.30. The van der Waals surface area contributed by atoms with Crippen molar-refractivity contribution < 1.29 is 9.63 Å². The van der Waals surface area contributed by atoms with E-state index in [0.29, 0.717) is 12.3 Å². The number of carbonyl (C=O) groups is 1. The average Bonchev–Trinajstić information content (AvgIpc) is 2.88. The first-order valence-electron chi connectivity index (χ1n) is 6.64. The van der Waals surface area contributed by atoms with Crippen LogP contribution in [0, 0.1) is 6.92 Å². The molecule has 0 spiro atoms. The number of rotatable bonds is 4. The van der Waals surface area contributed by atoms with Gasteiger partial charge in [-0.15, -0.1) is 11.3 Å². The molecule has 0 saturated carbocycles. The molecule has 5 nitrogen and oxygen atoms in total. The van der Waals surface area contributed by atoms with E-state index in [9.17, 15) is 4.79 Å². The van der Waals surface area contributed by atoms with Crippen LogP contribution in [0.15, 0.2) is 35.5 Å². The summed E-state index contributed by atoms with van der Waals surface area (Å²) in [6, 6.07) is 9.95. The van der Waals surface area contributed by atoms with Crippen molar-refractivity contribution in [2.45, 2.75) is 20.8 Å². The lowest BCUT2D eigenvalue weighted by molar-refractivity contribution is 0.151. The zero-order valence-electron chi connectivity index (χ0n) is 12.2. The summed E-state index contributed by atoms with van der Waals surface area (Å²) in [7, 11) is 0. The van der Waals surface area contributed by atoms with Crippen molar-refractivity contribution in [3.05, 3.63) is 40.9 Å². The normalized spacial score (nSPS) is 11.3. The quantitative estimate of drug-likeness (QED) is 0.533. The maximum Gasteiger partial charge on any atom is 0.433 e. The smallest absolute Gasteiger partial charge is 0.320 e. The lowest BCUT2D eigenvalue weighted by Gasteiger charge is -1.99. The molecule has 1 aromatic carbocycles. The molecule has 0 atom stereocenters. The van der Waals surface area contributed by atoms with E-state index in [1.807, 2.05) is 44.2 Å². The van der Waals surface area contributed by atoms with Gasteiger partial charge >= 0.3 is 6.09 Å². The number of hydrogen-bond acceptors (Lipinski definition) is 5. The number of amides is 1. The number of benzene rings is 1. The van der Waals surface area contributed by atoms with Crippen LogP contribution in [-0.2, 0) is 4.84 Å². The first-order valence-corrected chi connectivity index (χ1v) is 7.46. The summed E-state index contributed by atoms with van der Waals surface area (Å²) in [4.78, 5) is 21.5. The van der Waals surface area contributed by atoms with Crippen LogP contribution in [0.1, 0.15) is 24.4 Å². The van der Waals surface area contributed by atoms with Gasteiger partial charge in [-0.3, -0.25) is 4.84 Å². The van der Waals surface area contributed by atoms with Gasteiger partial charge in [-0.2, -0.15) is 0 Å². The first-order chi connectivity index (χ1) is 10.1. The van der Waals surface area contributed by atoms with E-state index < -0.39 is 6.09 Å². The van der Waals surface area contributed by atoms with Crippen molar-refractivity contribution in [1.82, 2.24) is 10.3 Å². The Hall–Kier alpha value is -2.21. The van der Waals surface area contributed by atoms with Crippen molar-refractivity contribution in [3.63, 3.8) is 0 Å². The van der Waals surface area contributed by atoms with Gasteiger partial charge < -0.3 is 5.32 Å². The number of carbonyl (C=O) groups excluding carboxylic acids is 1. The van der Waals surface area contributed by atoms with Gasteiger partial charge in [-0.1, -0.05) is 35.5 Å². The van der Waals surface area contributed by atoms with E-state index in [4.69, 9.17) is 4.84 Å². The topological polar surface area (TPSA) is 63.6 Å². The van der Waals surface area contributed by atoms with Crippen LogP contribution in [0.5, 0.6) is 0 Å². The maximum absolute atomic E-state index is 11.2. The lowest BCUT2D eigenvalue weighted by atomic mass is 10.2. The van der Waals surface area contributed by atoms with Crippen molar-refractivity contribution >= 4 is 23.1 Å². The van der Waals surface area contributed by atoms with E-state index in [2.05, 4.69) is 15.5 Å². The molecule has 6 heteroatoms. The van der Waals surface area contributed by atoms with Gasteiger partial charge in [0.1, 0.15) is 5.01 Å². The van der Waals surface area contributed by atoms with Crippen LogP contribution in [0.4, 0.5) is 4.79 Å². The summed E-state index contributed by atoms with van der Waals surface area (Å²) >= 11 is 1.53. The molecule has 0 aliphatic rings. The second kappa shape index (κ2) is 6.99. The second-order valence-electron chi connectivity index (χ2n) is 4.39. The van der Waals surface area contributed by atoms with Gasteiger partial charge in [0.25, 0.3) is 0 Å². The highest BCUT2D eigenvalue weighted by atomic mass is 32.1. The molecular formula is C15H17N3O2S. The van der Waals surface area contributed by atoms with E-state index in [0.717, 1.165) is 21.1 Å². The molecule has 0 saturated heterocycles. The molecule has 2 aromatic rings. The Balaban J connectivity index is 2.19. The van der Waals surface area contributed by atoms with Crippen LogP contribution < -0.4 is 5.32 Å². The molecule has 110 valence electrons. The molecular weight excluding hydrogens is 286 g/mol. The Bertz CT molecular complexity index is 650. The predicted octanol–water partition coefficient (Wildman–Crippen LogP) is 3.59. The Kier molecular flexibility index (Phi) is 5.05. The minimum atomic E-state index is -0.553. The summed E-state index contributed by atoms with van der Waals surface area (Å²) in [6.07, 6.45) is -0.553. The minimum Gasteiger partial charge on any atom is -0.320 e. The summed E-state index contributed by atoms with van der Waals surface area (Å²) in [6.45, 7) is 6.04. The largest absolute Gasteiger partial charge is 0.433 e. The van der Waals surface area contributed by atoms with Gasteiger partial charge in [0.2, 0.25) is 0 Å². The second-order valence-corrected chi connectivity index (χ2v) is 5.38. The van der Waals surface area contributed by atoms with Gasteiger partial charge in [-0.05, 0) is 20.8 Å². The highest BCUT2D eigenvalue weighted by Crippen LogP contribution is 2.28. The van der Waals surface area contributed by atoms with Crippen LogP contribution in [-0.4, -0.2) is 23.3 Å². The Morgan fingerprint density at radius 1 is 1.38 bits per heavy atom. The van der Waals surface area contributed by atoms with Crippen molar-refractivity contribution in [2.75, 3.05) is 6.54 Å². The molecule has 1 aromatic heterocycles. The van der Waals surface area contributed by atoms with Gasteiger partial charge in [0.05, 0.1) is 16.3 Å². The maximum atomic E-state index is 11.2. The Morgan fingerprint density at radius 3 is 2.76 bits per heavy atom. The number of nitrogens with zero attached hydrogens (tertiary/aromatic N) is 2. The van der Waals surface area contributed by atoms with Gasteiger partial charge in [0.15, 0.2) is 0 Å². The zero-order valence-corrected chi connectivity index (χ0v) is 13.0. The highest BCUT2D eigenvalue weighted by molar-refractivity contribution is 7.17. The SMILES string of the molecule is CCNC(=O)O/N=C(/C)c1sc(-c2ccccc2)nc1C. The van der Waals surface area contributed by atoms with Crippen molar-refractivity contribution in [2.24, 2.45) is 5.16 Å². The lowest BCUT2D eigenvalue weighted by Crippen LogP contribution is -2.22. The van der Waals surface area contributed by atoms with Gasteiger partial charge in [-0.25, -0.2) is 9.78 Å². The minimum absolute atomic E-state index is 0.505. The third kappa shape index (κ3) is 3.88. The number of nitrogens with one attached hydrogen (secondary N) is 1. The molecule has 0 bridgehead atoms. The fourth-order valence-electron chi connectivity index (χ4n) is 1.76. The number of hydrogen-bond donors (Lipinski definition) is 1. The van der Waals surface area contributed by atoms with Gasteiger partial charge in [0, 0.05) is 12.1 Å². The molecule has 0 aliphatic heterocycles. The number of oxime groups is 1. The number of aryl methyl sites for hydroxylation is 1. The monoisotopic (exact) mass is 303 g/mol. The Morgan fingerprint density at radius 2 is 2.10 bits per heavy atom. The first kappa shape index (κ1) is 15.2. The average molecular weight is 303 g/mol. The van der Waals surface area contributed by atoms with Crippen molar-refractivity contribution in [3.8, 4) is 10.6 Å². The zero-order chi connectivity index (χ0) is 15.2. The third-order valence-electron chi connectivity index (χ3n) is 2.73. The molecule has 21 heavy (non-hydrogen) atoms. The molecule has 2 rings (SSSR count). The van der Waals surface area contributed by atoms with Crippen molar-refractivity contribution in [1.29, 1.82) is 0 Å². The van der Waals surface area contributed by atoms with E-state index in [-0.39, 0.29) is 0 Å². The summed E-state index contributed by atoms with van der Waals surface area (Å²) in [5.74, 6) is 0. The van der Waals surface area contributed by atoms with Crippen LogP contribution in [0.25, 0.3) is 10.6 Å². The van der Waals surface area contributed by atoms with E-state index in [1.54, 1.807) is 6.92 Å². The molecule has 1 heterocycles. The standard InChI is InChI=1S/C15H17N3O2S/c1-4-16-15(19)20-18-11(3)13-10(2)17-14(21-13)12-8-6-5-7-9-12/h5-9H,4H2,1-3H3,(H,16,19)/b18-11-. The number of aromatic nitrogens is 1. The van der Waals surface area contributed by atoms with Crippen LogP contribution in [0.3, 0.4) is 0 Å². The number of thiazole rings is 1. The molecule has 0 aliphatic carbocycles.